The standard InChI is InChI=1S/C28H31N3O3S/c1-7-30(8-2)21-11-9-20(10-12-21)24-23(25(32)27-18(5)29-19(6)35-27)26(33)28(34)31(24)22-14-16(3)13-17(4)15-22/h9-15,24,33H,7-8H2,1-6H3. The fraction of sp³-hybridized carbons (Fsp3) is 0.321. The number of aliphatic hydroxyl groups excluding tert-OH is 1. The minimum absolute atomic E-state index is 0.0940. The van der Waals surface area contributed by atoms with Crippen LogP contribution in [0.4, 0.5) is 11.4 Å². The molecule has 1 atom stereocenters. The Kier molecular flexibility index (Phi) is 6.81. The maximum Gasteiger partial charge on any atom is 0.294 e. The minimum Gasteiger partial charge on any atom is -0.503 e. The fourth-order valence-electron chi connectivity index (χ4n) is 4.83. The zero-order valence-corrected chi connectivity index (χ0v) is 21.9. The Morgan fingerprint density at radius 3 is 2.14 bits per heavy atom. The van der Waals surface area contributed by atoms with Gasteiger partial charge in [-0.3, -0.25) is 14.5 Å². The van der Waals surface area contributed by atoms with Crippen molar-refractivity contribution in [2.45, 2.75) is 47.6 Å². The van der Waals surface area contributed by atoms with E-state index in [1.165, 1.54) is 16.2 Å². The summed E-state index contributed by atoms with van der Waals surface area (Å²) in [5.74, 6) is -1.43. The van der Waals surface area contributed by atoms with Crippen LogP contribution >= 0.6 is 11.3 Å². The molecule has 0 saturated carbocycles. The van der Waals surface area contributed by atoms with Gasteiger partial charge in [0.15, 0.2) is 5.76 Å². The quantitative estimate of drug-likeness (QED) is 0.412. The number of ketones is 1. The van der Waals surface area contributed by atoms with Gasteiger partial charge in [-0.2, -0.15) is 0 Å². The van der Waals surface area contributed by atoms with Gasteiger partial charge in [0.1, 0.15) is 0 Å². The maximum atomic E-state index is 13.8. The summed E-state index contributed by atoms with van der Waals surface area (Å²) in [6.07, 6.45) is 0. The molecule has 1 aliphatic heterocycles. The number of nitrogens with zero attached hydrogens (tertiary/aromatic N) is 3. The number of aliphatic hydroxyl groups is 1. The molecule has 35 heavy (non-hydrogen) atoms. The highest BCUT2D eigenvalue weighted by Crippen LogP contribution is 2.43. The van der Waals surface area contributed by atoms with Crippen LogP contribution in [0.1, 0.15) is 57.0 Å². The Hall–Kier alpha value is -3.45. The van der Waals surface area contributed by atoms with E-state index in [2.05, 4.69) is 23.7 Å². The van der Waals surface area contributed by atoms with Gasteiger partial charge >= 0.3 is 0 Å². The lowest BCUT2D eigenvalue weighted by Gasteiger charge is -2.28. The van der Waals surface area contributed by atoms with E-state index in [1.54, 1.807) is 6.92 Å². The topological polar surface area (TPSA) is 73.7 Å². The Bertz CT molecular complexity index is 1300. The molecule has 0 saturated heterocycles. The molecule has 6 nitrogen and oxygen atoms in total. The van der Waals surface area contributed by atoms with Crippen molar-refractivity contribution < 1.29 is 14.7 Å². The first-order chi connectivity index (χ1) is 16.7. The van der Waals surface area contributed by atoms with E-state index in [0.29, 0.717) is 16.3 Å². The van der Waals surface area contributed by atoms with E-state index in [0.717, 1.165) is 40.5 Å². The fourth-order valence-corrected chi connectivity index (χ4v) is 5.70. The predicted molar refractivity (Wildman–Crippen MR) is 142 cm³/mol. The highest BCUT2D eigenvalue weighted by atomic mass is 32.1. The third kappa shape index (κ3) is 4.48. The molecule has 2 aromatic carbocycles. The summed E-state index contributed by atoms with van der Waals surface area (Å²) in [5, 5.41) is 11.8. The van der Waals surface area contributed by atoms with Crippen molar-refractivity contribution >= 4 is 34.4 Å². The third-order valence-corrected chi connectivity index (χ3v) is 7.46. The first kappa shape index (κ1) is 24.7. The average molecular weight is 490 g/mol. The lowest BCUT2D eigenvalue weighted by atomic mass is 9.94. The summed E-state index contributed by atoms with van der Waals surface area (Å²) in [4.78, 5) is 35.8. The van der Waals surface area contributed by atoms with Crippen molar-refractivity contribution in [2.24, 2.45) is 0 Å². The molecule has 3 aromatic rings. The largest absolute Gasteiger partial charge is 0.503 e. The monoisotopic (exact) mass is 489 g/mol. The second-order valence-corrected chi connectivity index (χ2v) is 10.1. The molecule has 1 N–H and O–H groups in total. The van der Waals surface area contributed by atoms with Crippen molar-refractivity contribution in [3.8, 4) is 0 Å². The molecule has 7 heteroatoms. The van der Waals surface area contributed by atoms with Crippen LogP contribution < -0.4 is 9.80 Å². The van der Waals surface area contributed by atoms with Crippen molar-refractivity contribution in [3.63, 3.8) is 0 Å². The van der Waals surface area contributed by atoms with E-state index in [1.807, 2.05) is 63.2 Å². The summed E-state index contributed by atoms with van der Waals surface area (Å²) in [6, 6.07) is 13.0. The van der Waals surface area contributed by atoms with Crippen molar-refractivity contribution in [2.75, 3.05) is 22.9 Å². The number of hydrogen-bond acceptors (Lipinski definition) is 6. The Balaban J connectivity index is 1.88. The molecule has 0 bridgehead atoms. The summed E-state index contributed by atoms with van der Waals surface area (Å²) < 4.78 is 0. The maximum absolute atomic E-state index is 13.8. The number of Topliss-reactive ketones (excluding diaryl/α,β-unsaturated/α-hetero) is 1. The molecular weight excluding hydrogens is 458 g/mol. The van der Waals surface area contributed by atoms with Crippen LogP contribution in [0, 0.1) is 27.7 Å². The van der Waals surface area contributed by atoms with Crippen LogP contribution in [-0.4, -0.2) is 34.9 Å². The third-order valence-electron chi connectivity index (χ3n) is 6.38. The van der Waals surface area contributed by atoms with Gasteiger partial charge in [-0.05, 0) is 82.5 Å². The smallest absolute Gasteiger partial charge is 0.294 e. The second kappa shape index (κ2) is 9.66. The second-order valence-electron chi connectivity index (χ2n) is 8.93. The van der Waals surface area contributed by atoms with Gasteiger partial charge in [-0.25, -0.2) is 4.98 Å². The molecule has 4 rings (SSSR count). The van der Waals surface area contributed by atoms with E-state index < -0.39 is 17.7 Å². The number of hydrogen-bond donors (Lipinski definition) is 1. The van der Waals surface area contributed by atoms with Crippen LogP contribution in [0.5, 0.6) is 0 Å². The highest BCUT2D eigenvalue weighted by molar-refractivity contribution is 7.14. The normalized spacial score (nSPS) is 15.8. The first-order valence-electron chi connectivity index (χ1n) is 11.8. The number of benzene rings is 2. The van der Waals surface area contributed by atoms with Gasteiger partial charge in [-0.15, -0.1) is 11.3 Å². The highest BCUT2D eigenvalue weighted by Gasteiger charge is 2.45. The zero-order valence-electron chi connectivity index (χ0n) is 21.0. The molecule has 1 amide bonds. The number of amides is 1. The van der Waals surface area contributed by atoms with Crippen LogP contribution in [0.25, 0.3) is 0 Å². The lowest BCUT2D eigenvalue weighted by molar-refractivity contribution is -0.117. The molecule has 2 heterocycles. The number of aromatic nitrogens is 1. The molecule has 0 radical (unpaired) electrons. The summed E-state index contributed by atoms with van der Waals surface area (Å²) in [7, 11) is 0. The molecule has 1 aliphatic rings. The van der Waals surface area contributed by atoms with E-state index in [4.69, 9.17) is 0 Å². The van der Waals surface area contributed by atoms with E-state index in [9.17, 15) is 14.7 Å². The number of carbonyl (C=O) groups is 2. The first-order valence-corrected chi connectivity index (χ1v) is 12.7. The number of rotatable bonds is 7. The number of thiazole rings is 1. The average Bonchev–Trinajstić information content (AvgIpc) is 3.29. The number of carbonyl (C=O) groups excluding carboxylic acids is 2. The van der Waals surface area contributed by atoms with Gasteiger partial charge in [0.25, 0.3) is 5.91 Å². The van der Waals surface area contributed by atoms with E-state index >= 15 is 0 Å². The number of aryl methyl sites for hydroxylation is 4. The summed E-state index contributed by atoms with van der Waals surface area (Å²) in [5.41, 5.74) is 5.17. The van der Waals surface area contributed by atoms with Gasteiger partial charge < -0.3 is 10.0 Å². The molecule has 0 spiro atoms. The Morgan fingerprint density at radius 2 is 1.63 bits per heavy atom. The molecule has 0 fully saturated rings. The van der Waals surface area contributed by atoms with E-state index in [-0.39, 0.29) is 11.4 Å². The molecule has 0 aliphatic carbocycles. The SMILES string of the molecule is CCN(CC)c1ccc(C2C(C(=O)c3sc(C)nc3C)=C(O)C(=O)N2c2cc(C)cc(C)c2)cc1. The van der Waals surface area contributed by atoms with Crippen molar-refractivity contribution in [1.29, 1.82) is 0 Å². The van der Waals surface area contributed by atoms with Crippen LogP contribution in [0.15, 0.2) is 53.8 Å². The Morgan fingerprint density at radius 1 is 1.03 bits per heavy atom. The van der Waals surface area contributed by atoms with Crippen LogP contribution in [-0.2, 0) is 4.79 Å². The molecule has 1 aromatic heterocycles. The van der Waals surface area contributed by atoms with Crippen LogP contribution in [0.2, 0.25) is 0 Å². The van der Waals surface area contributed by atoms with Crippen LogP contribution in [0.3, 0.4) is 0 Å². The van der Waals surface area contributed by atoms with Gasteiger partial charge in [0.05, 0.1) is 27.2 Å². The molecular formula is C28H31N3O3S. The summed E-state index contributed by atoms with van der Waals surface area (Å²) >= 11 is 1.28. The van der Waals surface area contributed by atoms with Gasteiger partial charge in [0.2, 0.25) is 5.78 Å². The Labute approximate surface area is 210 Å². The number of anilines is 2. The van der Waals surface area contributed by atoms with Gasteiger partial charge in [-0.1, -0.05) is 18.2 Å². The minimum atomic E-state index is -0.747. The van der Waals surface area contributed by atoms with Crippen molar-refractivity contribution in [1.82, 2.24) is 4.98 Å². The summed E-state index contributed by atoms with van der Waals surface area (Å²) in [6.45, 7) is 13.5. The zero-order chi connectivity index (χ0) is 25.4. The predicted octanol–water partition coefficient (Wildman–Crippen LogP) is 6.01. The van der Waals surface area contributed by atoms with Crippen molar-refractivity contribution in [3.05, 3.63) is 86.1 Å². The molecule has 1 unspecified atom stereocenters. The van der Waals surface area contributed by atoms with Gasteiger partial charge in [0, 0.05) is 24.5 Å². The lowest BCUT2D eigenvalue weighted by Crippen LogP contribution is -2.31. The molecule has 182 valence electrons.